The Bertz CT molecular complexity index is 534. The Hall–Kier alpha value is -2.14. The molecule has 0 aromatic heterocycles. The summed E-state index contributed by atoms with van der Waals surface area (Å²) in [4.78, 5) is 2.04. The normalized spacial score (nSPS) is 18.3. The van der Waals surface area contributed by atoms with Crippen molar-refractivity contribution in [2.75, 3.05) is 19.0 Å². The van der Waals surface area contributed by atoms with Crippen molar-refractivity contribution in [1.29, 1.82) is 0 Å². The molecule has 1 aliphatic rings. The summed E-state index contributed by atoms with van der Waals surface area (Å²) in [6.45, 7) is 1.99. The summed E-state index contributed by atoms with van der Waals surface area (Å²) in [5.74, 6) is 0. The average molecular weight is 258 g/mol. The van der Waals surface area contributed by atoms with Crippen LogP contribution in [0, 0.1) is 6.92 Å². The number of anilines is 1. The van der Waals surface area contributed by atoms with E-state index >= 15 is 0 Å². The third-order valence-corrected chi connectivity index (χ3v) is 2.88. The zero-order valence-electron chi connectivity index (χ0n) is 11.4. The third-order valence-electron chi connectivity index (χ3n) is 2.88. The van der Waals surface area contributed by atoms with E-state index in [9.17, 15) is 5.21 Å². The molecule has 0 spiro atoms. The van der Waals surface area contributed by atoms with Gasteiger partial charge in [-0.1, -0.05) is 6.08 Å². The molecule has 0 fully saturated rings. The zero-order chi connectivity index (χ0) is 13.8. The molecule has 5 nitrogen and oxygen atoms in total. The zero-order valence-corrected chi connectivity index (χ0v) is 11.4. The van der Waals surface area contributed by atoms with Crippen molar-refractivity contribution >= 4 is 11.4 Å². The second-order valence-corrected chi connectivity index (χ2v) is 4.60. The lowest BCUT2D eigenvalue weighted by molar-refractivity contribution is -0.0647. The smallest absolute Gasteiger partial charge is 0.184 e. The summed E-state index contributed by atoms with van der Waals surface area (Å²) >= 11 is 0. The fraction of sp³-hybridized carbons (Fsp3) is 0.286. The van der Waals surface area contributed by atoms with Crippen LogP contribution in [0.4, 0.5) is 11.4 Å². The van der Waals surface area contributed by atoms with Crippen LogP contribution in [0.5, 0.6) is 0 Å². The Morgan fingerprint density at radius 1 is 1.26 bits per heavy atom. The minimum atomic E-state index is -0.460. The molecule has 0 saturated carbocycles. The van der Waals surface area contributed by atoms with Crippen LogP contribution in [0.2, 0.25) is 0 Å². The number of allylic oxidation sites excluding steroid dienone is 2. The molecule has 1 aromatic rings. The molecular formula is C14H18N4O. The first kappa shape index (κ1) is 13.3. The summed E-state index contributed by atoms with van der Waals surface area (Å²) in [5.41, 5.74) is 2.98. The van der Waals surface area contributed by atoms with E-state index in [1.165, 1.54) is 0 Å². The monoisotopic (exact) mass is 258 g/mol. The van der Waals surface area contributed by atoms with E-state index in [1.807, 2.05) is 44.1 Å². The van der Waals surface area contributed by atoms with Crippen LogP contribution < -0.4 is 4.90 Å². The molecule has 2 rings (SSSR count). The van der Waals surface area contributed by atoms with E-state index in [0.717, 1.165) is 22.0 Å². The molecule has 0 saturated heterocycles. The van der Waals surface area contributed by atoms with Crippen molar-refractivity contribution in [2.24, 2.45) is 10.2 Å². The van der Waals surface area contributed by atoms with E-state index in [0.29, 0.717) is 0 Å². The number of rotatable bonds is 3. The summed E-state index contributed by atoms with van der Waals surface area (Å²) in [5, 5.41) is 18.9. The highest BCUT2D eigenvalue weighted by Gasteiger charge is 2.10. The Kier molecular flexibility index (Phi) is 3.97. The van der Waals surface area contributed by atoms with Gasteiger partial charge in [0.2, 0.25) is 0 Å². The molecule has 19 heavy (non-hydrogen) atoms. The second kappa shape index (κ2) is 5.67. The highest BCUT2D eigenvalue weighted by molar-refractivity contribution is 5.56. The van der Waals surface area contributed by atoms with Gasteiger partial charge in [-0.3, -0.25) is 5.21 Å². The van der Waals surface area contributed by atoms with Gasteiger partial charge in [0, 0.05) is 26.0 Å². The molecule has 0 bridgehead atoms. The van der Waals surface area contributed by atoms with E-state index in [1.54, 1.807) is 18.4 Å². The Morgan fingerprint density at radius 2 is 2.05 bits per heavy atom. The van der Waals surface area contributed by atoms with Crippen LogP contribution in [0.1, 0.15) is 5.56 Å². The summed E-state index contributed by atoms with van der Waals surface area (Å²) in [6, 6.07) is 5.98. The number of hydroxylamine groups is 2. The fourth-order valence-corrected chi connectivity index (χ4v) is 1.72. The van der Waals surface area contributed by atoms with Gasteiger partial charge in [0.25, 0.3) is 0 Å². The maximum absolute atomic E-state index is 9.57. The van der Waals surface area contributed by atoms with Crippen LogP contribution in [0.3, 0.4) is 0 Å². The molecule has 1 unspecified atom stereocenters. The Labute approximate surface area is 113 Å². The number of aryl methyl sites for hydroxylation is 1. The first-order chi connectivity index (χ1) is 9.08. The van der Waals surface area contributed by atoms with Gasteiger partial charge in [0.15, 0.2) is 6.17 Å². The largest absolute Gasteiger partial charge is 0.378 e. The highest BCUT2D eigenvalue weighted by Crippen LogP contribution is 2.24. The van der Waals surface area contributed by atoms with Crippen LogP contribution >= 0.6 is 0 Å². The molecule has 5 heteroatoms. The Balaban J connectivity index is 2.15. The summed E-state index contributed by atoms with van der Waals surface area (Å²) in [7, 11) is 4.00. The lowest BCUT2D eigenvalue weighted by Crippen LogP contribution is -2.24. The number of nitrogens with zero attached hydrogens (tertiary/aromatic N) is 4. The van der Waals surface area contributed by atoms with Crippen LogP contribution in [-0.4, -0.2) is 30.5 Å². The molecule has 1 aliphatic heterocycles. The molecule has 1 aromatic carbocycles. The van der Waals surface area contributed by atoms with Crippen LogP contribution in [-0.2, 0) is 0 Å². The highest BCUT2D eigenvalue weighted by atomic mass is 16.5. The fourth-order valence-electron chi connectivity index (χ4n) is 1.72. The van der Waals surface area contributed by atoms with Crippen LogP contribution in [0.25, 0.3) is 0 Å². The first-order valence-corrected chi connectivity index (χ1v) is 6.09. The number of azo groups is 1. The number of hydrogen-bond donors (Lipinski definition) is 1. The standard InChI is InChI=1S/C14H18N4O/c1-11-10-12(17(2)3)7-8-13(11)15-16-14-6-4-5-9-18(14)19/h4-10,14,19H,1-3H3. The minimum Gasteiger partial charge on any atom is -0.378 e. The lowest BCUT2D eigenvalue weighted by Gasteiger charge is -2.18. The molecule has 1 heterocycles. The number of benzene rings is 1. The van der Waals surface area contributed by atoms with Gasteiger partial charge in [-0.25, -0.2) is 5.06 Å². The lowest BCUT2D eigenvalue weighted by atomic mass is 10.2. The maximum Gasteiger partial charge on any atom is 0.184 e. The van der Waals surface area contributed by atoms with Crippen molar-refractivity contribution in [2.45, 2.75) is 13.1 Å². The average Bonchev–Trinajstić information content (AvgIpc) is 2.39. The van der Waals surface area contributed by atoms with Gasteiger partial charge in [-0.15, -0.1) is 0 Å². The van der Waals surface area contributed by atoms with Gasteiger partial charge >= 0.3 is 0 Å². The molecular weight excluding hydrogens is 240 g/mol. The predicted octanol–water partition coefficient (Wildman–Crippen LogP) is 3.25. The van der Waals surface area contributed by atoms with Crippen molar-refractivity contribution in [3.8, 4) is 0 Å². The molecule has 0 radical (unpaired) electrons. The molecule has 1 atom stereocenters. The Morgan fingerprint density at radius 3 is 2.68 bits per heavy atom. The summed E-state index contributed by atoms with van der Waals surface area (Å²) < 4.78 is 0. The van der Waals surface area contributed by atoms with Crippen molar-refractivity contribution in [1.82, 2.24) is 5.06 Å². The van der Waals surface area contributed by atoms with Gasteiger partial charge < -0.3 is 4.90 Å². The van der Waals surface area contributed by atoms with Gasteiger partial charge in [-0.2, -0.15) is 10.2 Å². The van der Waals surface area contributed by atoms with Gasteiger partial charge in [0.05, 0.1) is 5.69 Å². The minimum absolute atomic E-state index is 0.460. The van der Waals surface area contributed by atoms with Crippen LogP contribution in [0.15, 0.2) is 52.9 Å². The first-order valence-electron chi connectivity index (χ1n) is 6.09. The topological polar surface area (TPSA) is 51.4 Å². The van der Waals surface area contributed by atoms with E-state index < -0.39 is 6.17 Å². The molecule has 1 N–H and O–H groups in total. The maximum atomic E-state index is 9.57. The summed E-state index contributed by atoms with van der Waals surface area (Å²) in [6.07, 6.45) is 6.43. The molecule has 0 amide bonds. The van der Waals surface area contributed by atoms with Crippen molar-refractivity contribution < 1.29 is 5.21 Å². The van der Waals surface area contributed by atoms with Gasteiger partial charge in [-0.05, 0) is 42.8 Å². The van der Waals surface area contributed by atoms with E-state index in [4.69, 9.17) is 0 Å². The third kappa shape index (κ3) is 3.20. The van der Waals surface area contributed by atoms with Crippen molar-refractivity contribution in [3.05, 3.63) is 48.2 Å². The van der Waals surface area contributed by atoms with E-state index in [2.05, 4.69) is 16.3 Å². The predicted molar refractivity (Wildman–Crippen MR) is 75.7 cm³/mol. The molecule has 100 valence electrons. The second-order valence-electron chi connectivity index (χ2n) is 4.60. The molecule has 0 aliphatic carbocycles. The van der Waals surface area contributed by atoms with Crippen molar-refractivity contribution in [3.63, 3.8) is 0 Å². The van der Waals surface area contributed by atoms with Gasteiger partial charge in [0.1, 0.15) is 0 Å². The van der Waals surface area contributed by atoms with E-state index in [-0.39, 0.29) is 0 Å². The number of hydrogen-bond acceptors (Lipinski definition) is 5. The SMILES string of the molecule is Cc1cc(N(C)C)ccc1N=NC1C=CC=CN1O. The quantitative estimate of drug-likeness (QED) is 0.847.